The number of ether oxygens (including phenoxy) is 1. The van der Waals surface area contributed by atoms with E-state index in [1.807, 2.05) is 0 Å². The first kappa shape index (κ1) is 24.3. The first-order chi connectivity index (χ1) is 16.6. The molecule has 0 aliphatic carbocycles. The Bertz CT molecular complexity index is 1330. The number of amides is 1. The second-order valence-electron chi connectivity index (χ2n) is 7.95. The van der Waals surface area contributed by atoms with Gasteiger partial charge in [-0.05, 0) is 54.8 Å². The van der Waals surface area contributed by atoms with Crippen molar-refractivity contribution in [1.82, 2.24) is 19.7 Å². The summed E-state index contributed by atoms with van der Waals surface area (Å²) in [5, 5.41) is 6.43. The zero-order chi connectivity index (χ0) is 25.2. The molecule has 1 aromatic heterocycles. The minimum Gasteiger partial charge on any atom is -0.376 e. The van der Waals surface area contributed by atoms with Crippen LogP contribution >= 0.6 is 0 Å². The molecule has 2 aromatic carbocycles. The van der Waals surface area contributed by atoms with E-state index in [1.165, 1.54) is 12.1 Å². The van der Waals surface area contributed by atoms with Gasteiger partial charge in [0.15, 0.2) is 0 Å². The monoisotopic (exact) mass is 492 g/mol. The number of carbonyl (C=O) groups is 1. The van der Waals surface area contributed by atoms with Gasteiger partial charge in [0.1, 0.15) is 5.82 Å². The second kappa shape index (κ2) is 9.82. The Morgan fingerprint density at radius 1 is 1.09 bits per heavy atom. The van der Waals surface area contributed by atoms with E-state index in [4.69, 9.17) is 4.74 Å². The number of aromatic nitrogens is 3. The van der Waals surface area contributed by atoms with Crippen molar-refractivity contribution in [2.24, 2.45) is 0 Å². The summed E-state index contributed by atoms with van der Waals surface area (Å²) < 4.78 is 59.0. The minimum atomic E-state index is -4.59. The van der Waals surface area contributed by atoms with Gasteiger partial charge in [0.2, 0.25) is 5.69 Å². The van der Waals surface area contributed by atoms with Crippen LogP contribution in [0.25, 0.3) is 5.69 Å². The molecule has 2 heterocycles. The van der Waals surface area contributed by atoms with Crippen molar-refractivity contribution in [1.29, 1.82) is 0 Å². The largest absolute Gasteiger partial charge is 0.416 e. The SMILES string of the molecule is O=C(NCC1CCCO1)c1nn(-c2ccc(C(F)(F)F)cc2)c(=O)n(Cc2ccc(F)cc2)c1=O. The highest BCUT2D eigenvalue weighted by Crippen LogP contribution is 2.29. The van der Waals surface area contributed by atoms with Crippen molar-refractivity contribution in [2.75, 3.05) is 13.2 Å². The number of halogens is 4. The molecule has 1 amide bonds. The highest BCUT2D eigenvalue weighted by molar-refractivity contribution is 5.91. The van der Waals surface area contributed by atoms with Gasteiger partial charge in [-0.3, -0.25) is 14.2 Å². The van der Waals surface area contributed by atoms with Gasteiger partial charge in [-0.25, -0.2) is 9.18 Å². The lowest BCUT2D eigenvalue weighted by atomic mass is 10.2. The quantitative estimate of drug-likeness (QED) is 0.534. The van der Waals surface area contributed by atoms with Crippen molar-refractivity contribution in [3.8, 4) is 5.69 Å². The lowest BCUT2D eigenvalue weighted by Crippen LogP contribution is -2.46. The number of nitrogens with zero attached hydrogens (tertiary/aromatic N) is 3. The molecule has 1 unspecified atom stereocenters. The van der Waals surface area contributed by atoms with E-state index < -0.39 is 40.4 Å². The first-order valence-corrected chi connectivity index (χ1v) is 10.7. The number of carbonyl (C=O) groups excluding carboxylic acids is 1. The van der Waals surface area contributed by atoms with Gasteiger partial charge in [-0.15, -0.1) is 0 Å². The molecular weight excluding hydrogens is 472 g/mol. The summed E-state index contributed by atoms with van der Waals surface area (Å²) in [6, 6.07) is 8.56. The summed E-state index contributed by atoms with van der Waals surface area (Å²) in [7, 11) is 0. The van der Waals surface area contributed by atoms with Crippen LogP contribution in [0.2, 0.25) is 0 Å². The minimum absolute atomic E-state index is 0.0796. The maximum absolute atomic E-state index is 13.3. The van der Waals surface area contributed by atoms with Gasteiger partial charge >= 0.3 is 11.9 Å². The van der Waals surface area contributed by atoms with Crippen molar-refractivity contribution >= 4 is 5.91 Å². The van der Waals surface area contributed by atoms with Gasteiger partial charge in [-0.2, -0.15) is 23.0 Å². The van der Waals surface area contributed by atoms with Crippen LogP contribution in [0.5, 0.6) is 0 Å². The topological polar surface area (TPSA) is 95.2 Å². The zero-order valence-corrected chi connectivity index (χ0v) is 18.2. The number of rotatable bonds is 6. The maximum Gasteiger partial charge on any atom is 0.416 e. The predicted molar refractivity (Wildman–Crippen MR) is 116 cm³/mol. The number of hydrogen-bond acceptors (Lipinski definition) is 5. The molecule has 0 spiro atoms. The fraction of sp³-hybridized carbons (Fsp3) is 0.304. The molecule has 0 bridgehead atoms. The third-order valence-electron chi connectivity index (χ3n) is 5.48. The van der Waals surface area contributed by atoms with Gasteiger partial charge in [0, 0.05) is 13.2 Å². The molecule has 3 aromatic rings. The van der Waals surface area contributed by atoms with Gasteiger partial charge < -0.3 is 10.1 Å². The van der Waals surface area contributed by atoms with E-state index in [0.717, 1.165) is 53.8 Å². The lowest BCUT2D eigenvalue weighted by Gasteiger charge is -2.14. The van der Waals surface area contributed by atoms with Crippen LogP contribution < -0.4 is 16.6 Å². The van der Waals surface area contributed by atoms with E-state index in [-0.39, 0.29) is 24.9 Å². The van der Waals surface area contributed by atoms with E-state index in [0.29, 0.717) is 16.9 Å². The number of hydrogen-bond donors (Lipinski definition) is 1. The molecule has 12 heteroatoms. The maximum atomic E-state index is 13.3. The third-order valence-corrected chi connectivity index (χ3v) is 5.48. The van der Waals surface area contributed by atoms with Gasteiger partial charge in [0.05, 0.1) is 23.9 Å². The summed E-state index contributed by atoms with van der Waals surface area (Å²) >= 11 is 0. The van der Waals surface area contributed by atoms with Crippen molar-refractivity contribution < 1.29 is 27.1 Å². The molecule has 35 heavy (non-hydrogen) atoms. The highest BCUT2D eigenvalue weighted by Gasteiger charge is 2.30. The Morgan fingerprint density at radius 3 is 2.37 bits per heavy atom. The Balaban J connectivity index is 1.76. The van der Waals surface area contributed by atoms with Crippen LogP contribution in [0, 0.1) is 5.82 Å². The summed E-state index contributed by atoms with van der Waals surface area (Å²) in [6.07, 6.45) is -3.25. The van der Waals surface area contributed by atoms with Crippen LogP contribution in [0.4, 0.5) is 17.6 Å². The van der Waals surface area contributed by atoms with Gasteiger partial charge in [-0.1, -0.05) is 12.1 Å². The van der Waals surface area contributed by atoms with Crippen molar-refractivity contribution in [2.45, 2.75) is 31.7 Å². The first-order valence-electron chi connectivity index (χ1n) is 10.7. The van der Waals surface area contributed by atoms with E-state index in [1.54, 1.807) is 0 Å². The smallest absolute Gasteiger partial charge is 0.376 e. The molecule has 1 atom stereocenters. The predicted octanol–water partition coefficient (Wildman–Crippen LogP) is 2.51. The number of nitrogens with one attached hydrogen (secondary N) is 1. The molecular formula is C23H20F4N4O4. The van der Waals surface area contributed by atoms with Crippen molar-refractivity contribution in [3.05, 3.63) is 92.0 Å². The van der Waals surface area contributed by atoms with E-state index in [2.05, 4.69) is 10.4 Å². The molecule has 4 rings (SSSR count). The Kier molecular flexibility index (Phi) is 6.83. The standard InChI is InChI=1S/C23H20F4N4O4/c24-16-7-3-14(4-8-16)13-30-21(33)19(20(32)28-12-18-2-1-11-35-18)29-31(22(30)34)17-9-5-15(6-10-17)23(25,26)27/h3-10,18H,1-2,11-13H2,(H,28,32). The summed E-state index contributed by atoms with van der Waals surface area (Å²) in [6.45, 7) is 0.368. The van der Waals surface area contributed by atoms with E-state index in [9.17, 15) is 31.9 Å². The Morgan fingerprint density at radius 2 is 1.77 bits per heavy atom. The second-order valence-corrected chi connectivity index (χ2v) is 7.95. The molecule has 0 saturated carbocycles. The molecule has 1 N–H and O–H groups in total. The van der Waals surface area contributed by atoms with Crippen LogP contribution in [0.3, 0.4) is 0 Å². The van der Waals surface area contributed by atoms with E-state index >= 15 is 0 Å². The average Bonchev–Trinajstić information content (AvgIpc) is 3.35. The summed E-state index contributed by atoms with van der Waals surface area (Å²) in [4.78, 5) is 38.9. The fourth-order valence-corrected chi connectivity index (χ4v) is 3.62. The zero-order valence-electron chi connectivity index (χ0n) is 18.2. The van der Waals surface area contributed by atoms with Crippen LogP contribution in [-0.2, 0) is 17.5 Å². The molecule has 1 aliphatic rings. The molecule has 184 valence electrons. The van der Waals surface area contributed by atoms with Crippen LogP contribution in [0.1, 0.15) is 34.5 Å². The Labute approximate surface area is 195 Å². The van der Waals surface area contributed by atoms with Gasteiger partial charge in [0.25, 0.3) is 11.5 Å². The van der Waals surface area contributed by atoms with Crippen LogP contribution in [-0.4, -0.2) is 39.5 Å². The molecule has 1 fully saturated rings. The lowest BCUT2D eigenvalue weighted by molar-refractivity contribution is -0.137. The summed E-state index contributed by atoms with van der Waals surface area (Å²) in [5.41, 5.74) is -3.22. The number of benzene rings is 2. The Hall–Kier alpha value is -3.80. The highest BCUT2D eigenvalue weighted by atomic mass is 19.4. The van der Waals surface area contributed by atoms with Crippen LogP contribution in [0.15, 0.2) is 58.1 Å². The fourth-order valence-electron chi connectivity index (χ4n) is 3.62. The molecule has 0 radical (unpaired) electrons. The normalized spacial score (nSPS) is 15.8. The third kappa shape index (κ3) is 5.48. The molecule has 1 aliphatic heterocycles. The molecule has 1 saturated heterocycles. The average molecular weight is 492 g/mol. The van der Waals surface area contributed by atoms with Crippen molar-refractivity contribution in [3.63, 3.8) is 0 Å². The summed E-state index contributed by atoms with van der Waals surface area (Å²) in [5.74, 6) is -1.38. The molecule has 8 nitrogen and oxygen atoms in total. The number of alkyl halides is 3.